The number of aromatic nitrogens is 2. The van der Waals surface area contributed by atoms with E-state index in [-0.39, 0.29) is 5.56 Å². The second kappa shape index (κ2) is 4.83. The van der Waals surface area contributed by atoms with E-state index >= 15 is 0 Å². The Balaban J connectivity index is 1.96. The fourth-order valence-corrected chi connectivity index (χ4v) is 3.47. The minimum atomic E-state index is -0.00813. The largest absolute Gasteiger partial charge is 0.292 e. The molecule has 0 bridgehead atoms. The summed E-state index contributed by atoms with van der Waals surface area (Å²) in [6.45, 7) is 0.680. The molecule has 3 heterocycles. The van der Waals surface area contributed by atoms with Crippen LogP contribution in [0.4, 0.5) is 0 Å². The molecule has 104 valence electrons. The van der Waals surface area contributed by atoms with Crippen molar-refractivity contribution in [3.63, 3.8) is 0 Å². The van der Waals surface area contributed by atoms with Gasteiger partial charge in [0.05, 0.1) is 10.9 Å². The van der Waals surface area contributed by atoms with Gasteiger partial charge in [-0.15, -0.1) is 0 Å². The molecule has 2 aromatic heterocycles. The minimum absolute atomic E-state index is 0.00813. The molecule has 0 saturated heterocycles. The van der Waals surface area contributed by atoms with Crippen LogP contribution in [0.5, 0.6) is 0 Å². The van der Waals surface area contributed by atoms with Crippen molar-refractivity contribution in [2.45, 2.75) is 13.0 Å². The average molecular weight is 315 g/mol. The summed E-state index contributed by atoms with van der Waals surface area (Å²) >= 11 is 7.64. The third kappa shape index (κ3) is 2.11. The summed E-state index contributed by atoms with van der Waals surface area (Å²) in [5.74, 6) is 0.779. The fraction of sp³-hybridized carbons (Fsp3) is 0.125. The highest BCUT2D eigenvalue weighted by molar-refractivity contribution is 7.08. The standard InChI is InChI=1S/C16H11ClN2OS/c17-12-1-2-14-13(8-12)16(20)19-5-3-11(15(19)18-14)7-10-4-6-21-9-10/h1-2,4,6-9H,3,5H2/b11-7-. The molecule has 1 aromatic carbocycles. The molecule has 0 amide bonds. The molecule has 4 rings (SSSR count). The summed E-state index contributed by atoms with van der Waals surface area (Å²) in [4.78, 5) is 17.2. The number of hydrogen-bond donors (Lipinski definition) is 0. The van der Waals surface area contributed by atoms with Crippen molar-refractivity contribution in [1.82, 2.24) is 9.55 Å². The molecular formula is C16H11ClN2OS. The lowest BCUT2D eigenvalue weighted by Crippen LogP contribution is -2.20. The monoisotopic (exact) mass is 314 g/mol. The van der Waals surface area contributed by atoms with E-state index in [1.807, 2.05) is 5.38 Å². The second-order valence-electron chi connectivity index (χ2n) is 5.03. The Morgan fingerprint density at radius 3 is 3.05 bits per heavy atom. The van der Waals surface area contributed by atoms with Gasteiger partial charge in [-0.1, -0.05) is 11.6 Å². The molecule has 3 aromatic rings. The van der Waals surface area contributed by atoms with Crippen LogP contribution in [-0.4, -0.2) is 9.55 Å². The SMILES string of the molecule is O=c1c2cc(Cl)ccc2nc2n1CC/C2=C/c1ccsc1. The van der Waals surface area contributed by atoms with Gasteiger partial charge in [0.25, 0.3) is 5.56 Å². The van der Waals surface area contributed by atoms with E-state index in [1.54, 1.807) is 34.1 Å². The number of rotatable bonds is 1. The predicted octanol–water partition coefficient (Wildman–Crippen LogP) is 4.06. The maximum atomic E-state index is 12.6. The summed E-state index contributed by atoms with van der Waals surface area (Å²) in [7, 11) is 0. The van der Waals surface area contributed by atoms with E-state index in [0.717, 1.165) is 23.4 Å². The van der Waals surface area contributed by atoms with Gasteiger partial charge >= 0.3 is 0 Å². The molecule has 0 N–H and O–H groups in total. The van der Waals surface area contributed by atoms with E-state index in [4.69, 9.17) is 11.6 Å². The van der Waals surface area contributed by atoms with Crippen LogP contribution in [0, 0.1) is 0 Å². The summed E-state index contributed by atoms with van der Waals surface area (Å²) < 4.78 is 1.75. The van der Waals surface area contributed by atoms with Crippen molar-refractivity contribution >= 4 is 45.5 Å². The summed E-state index contributed by atoms with van der Waals surface area (Å²) in [6.07, 6.45) is 2.95. The maximum absolute atomic E-state index is 12.6. The van der Waals surface area contributed by atoms with Crippen LogP contribution in [-0.2, 0) is 6.54 Å². The van der Waals surface area contributed by atoms with Gasteiger partial charge in [0, 0.05) is 11.6 Å². The zero-order valence-electron chi connectivity index (χ0n) is 11.0. The van der Waals surface area contributed by atoms with E-state index in [9.17, 15) is 4.79 Å². The molecule has 0 spiro atoms. The molecule has 0 fully saturated rings. The van der Waals surface area contributed by atoms with E-state index in [0.29, 0.717) is 22.5 Å². The van der Waals surface area contributed by atoms with Crippen LogP contribution in [0.25, 0.3) is 22.6 Å². The molecule has 1 aliphatic heterocycles. The van der Waals surface area contributed by atoms with Crippen molar-refractivity contribution in [3.05, 3.63) is 61.8 Å². The minimum Gasteiger partial charge on any atom is -0.292 e. The molecule has 21 heavy (non-hydrogen) atoms. The molecule has 0 aliphatic carbocycles. The summed E-state index contributed by atoms with van der Waals surface area (Å²) in [5.41, 5.74) is 2.97. The van der Waals surface area contributed by atoms with Gasteiger partial charge in [-0.25, -0.2) is 4.98 Å². The quantitative estimate of drug-likeness (QED) is 0.679. The Labute approximate surface area is 130 Å². The first-order valence-corrected chi connectivity index (χ1v) is 7.98. The van der Waals surface area contributed by atoms with Gasteiger partial charge in [0.1, 0.15) is 5.82 Å². The number of allylic oxidation sites excluding steroid dienone is 1. The van der Waals surface area contributed by atoms with Crippen molar-refractivity contribution < 1.29 is 0 Å². The van der Waals surface area contributed by atoms with Crippen LogP contribution < -0.4 is 5.56 Å². The highest BCUT2D eigenvalue weighted by Gasteiger charge is 2.20. The van der Waals surface area contributed by atoms with Crippen LogP contribution in [0.1, 0.15) is 17.8 Å². The number of halogens is 1. The molecule has 3 nitrogen and oxygen atoms in total. The van der Waals surface area contributed by atoms with Crippen molar-refractivity contribution in [1.29, 1.82) is 0 Å². The molecule has 5 heteroatoms. The van der Waals surface area contributed by atoms with Gasteiger partial charge < -0.3 is 0 Å². The van der Waals surface area contributed by atoms with Crippen LogP contribution in [0.2, 0.25) is 5.02 Å². The van der Waals surface area contributed by atoms with Gasteiger partial charge in [-0.3, -0.25) is 9.36 Å². The normalized spacial score (nSPS) is 15.8. The zero-order valence-corrected chi connectivity index (χ0v) is 12.6. The first-order chi connectivity index (χ1) is 10.2. The lowest BCUT2D eigenvalue weighted by Gasteiger charge is -2.05. The Morgan fingerprint density at radius 2 is 2.24 bits per heavy atom. The molecule has 0 radical (unpaired) electrons. The average Bonchev–Trinajstić information content (AvgIpc) is 3.11. The second-order valence-corrected chi connectivity index (χ2v) is 6.25. The molecule has 1 aliphatic rings. The molecule has 0 unspecified atom stereocenters. The molecule has 0 atom stereocenters. The van der Waals surface area contributed by atoms with E-state index in [1.165, 1.54) is 0 Å². The van der Waals surface area contributed by atoms with Gasteiger partial charge in [0.2, 0.25) is 0 Å². The Bertz CT molecular complexity index is 925. The van der Waals surface area contributed by atoms with E-state index < -0.39 is 0 Å². The number of thiophene rings is 1. The number of fused-ring (bicyclic) bond motifs is 2. The first-order valence-electron chi connectivity index (χ1n) is 6.65. The fourth-order valence-electron chi connectivity index (χ4n) is 2.68. The van der Waals surface area contributed by atoms with Gasteiger partial charge in [0.15, 0.2) is 0 Å². The van der Waals surface area contributed by atoms with Gasteiger partial charge in [-0.05, 0) is 58.7 Å². The van der Waals surface area contributed by atoms with E-state index in [2.05, 4.69) is 22.5 Å². The molecule has 0 saturated carbocycles. The lowest BCUT2D eigenvalue weighted by atomic mass is 10.1. The predicted molar refractivity (Wildman–Crippen MR) is 87.8 cm³/mol. The Morgan fingerprint density at radius 1 is 1.33 bits per heavy atom. The third-order valence-corrected chi connectivity index (χ3v) is 4.63. The smallest absolute Gasteiger partial charge is 0.261 e. The number of hydrogen-bond acceptors (Lipinski definition) is 3. The zero-order chi connectivity index (χ0) is 14.4. The van der Waals surface area contributed by atoms with Crippen molar-refractivity contribution in [2.24, 2.45) is 0 Å². The van der Waals surface area contributed by atoms with Crippen molar-refractivity contribution in [3.8, 4) is 0 Å². The Hall–Kier alpha value is -1.91. The Kier molecular flexibility index (Phi) is 2.94. The topological polar surface area (TPSA) is 34.9 Å². The highest BCUT2D eigenvalue weighted by atomic mass is 35.5. The van der Waals surface area contributed by atoms with Crippen molar-refractivity contribution in [2.75, 3.05) is 0 Å². The van der Waals surface area contributed by atoms with Crippen LogP contribution >= 0.6 is 22.9 Å². The van der Waals surface area contributed by atoms with Crippen LogP contribution in [0.15, 0.2) is 39.8 Å². The third-order valence-electron chi connectivity index (χ3n) is 3.69. The van der Waals surface area contributed by atoms with Crippen LogP contribution in [0.3, 0.4) is 0 Å². The highest BCUT2D eigenvalue weighted by Crippen LogP contribution is 2.28. The number of nitrogens with zero attached hydrogens (tertiary/aromatic N) is 2. The number of benzene rings is 1. The molecular weight excluding hydrogens is 304 g/mol. The lowest BCUT2D eigenvalue weighted by molar-refractivity contribution is 0.725. The summed E-state index contributed by atoms with van der Waals surface area (Å²) in [6, 6.07) is 7.34. The maximum Gasteiger partial charge on any atom is 0.261 e. The summed E-state index contributed by atoms with van der Waals surface area (Å²) in [5, 5.41) is 5.29. The van der Waals surface area contributed by atoms with Gasteiger partial charge in [-0.2, -0.15) is 11.3 Å². The first kappa shape index (κ1) is 12.8.